The molecule has 0 N–H and O–H groups in total. The van der Waals surface area contributed by atoms with Gasteiger partial charge >= 0.3 is 0 Å². The zero-order valence-corrected chi connectivity index (χ0v) is 18.4. The molecule has 0 saturated heterocycles. The van der Waals surface area contributed by atoms with Crippen LogP contribution >= 0.6 is 15.9 Å². The van der Waals surface area contributed by atoms with E-state index in [1.165, 1.54) is 4.68 Å². The molecule has 0 unspecified atom stereocenters. The Hall–Kier alpha value is -2.67. The molecule has 1 aromatic heterocycles. The van der Waals surface area contributed by atoms with Crippen molar-refractivity contribution < 1.29 is 9.47 Å². The van der Waals surface area contributed by atoms with Gasteiger partial charge in [0.25, 0.3) is 5.56 Å². The van der Waals surface area contributed by atoms with E-state index >= 15 is 0 Å². The maximum atomic E-state index is 13.0. The quantitative estimate of drug-likeness (QED) is 0.456. The Balaban J connectivity index is 2.05. The van der Waals surface area contributed by atoms with E-state index in [9.17, 15) is 4.79 Å². The van der Waals surface area contributed by atoms with Crippen LogP contribution in [0.15, 0.2) is 50.8 Å². The molecule has 0 aliphatic carbocycles. The van der Waals surface area contributed by atoms with E-state index in [1.807, 2.05) is 51.1 Å². The number of rotatable bonds is 8. The molecule has 3 aromatic rings. The summed E-state index contributed by atoms with van der Waals surface area (Å²) in [7, 11) is 0. The minimum absolute atomic E-state index is 0.188. The van der Waals surface area contributed by atoms with Gasteiger partial charge in [0.15, 0.2) is 11.5 Å². The molecule has 0 saturated carbocycles. The topological polar surface area (TPSA) is 65.7 Å². The van der Waals surface area contributed by atoms with Crippen molar-refractivity contribution in [2.45, 2.75) is 33.6 Å². The van der Waals surface area contributed by atoms with Crippen LogP contribution in [0.2, 0.25) is 0 Å². The third-order valence-corrected chi connectivity index (χ3v) is 4.73. The lowest BCUT2D eigenvalue weighted by Crippen LogP contribution is -2.22. The van der Waals surface area contributed by atoms with Crippen molar-refractivity contribution in [3.05, 3.63) is 62.6 Å². The summed E-state index contributed by atoms with van der Waals surface area (Å²) in [4.78, 5) is 17.7. The number of benzene rings is 2. The van der Waals surface area contributed by atoms with Crippen molar-refractivity contribution in [1.82, 2.24) is 9.66 Å². The number of ether oxygens (including phenoxy) is 2. The van der Waals surface area contributed by atoms with Crippen LogP contribution < -0.4 is 15.0 Å². The van der Waals surface area contributed by atoms with Gasteiger partial charge in [0, 0.05) is 10.9 Å². The number of hydrogen-bond donors (Lipinski definition) is 0. The lowest BCUT2D eigenvalue weighted by molar-refractivity contribution is 0.288. The molecule has 7 heteroatoms. The summed E-state index contributed by atoms with van der Waals surface area (Å²) in [6, 6.07) is 11.1. The highest BCUT2D eigenvalue weighted by Crippen LogP contribution is 2.28. The third kappa shape index (κ3) is 4.85. The van der Waals surface area contributed by atoms with Crippen LogP contribution in [-0.2, 0) is 6.42 Å². The Labute approximate surface area is 178 Å². The van der Waals surface area contributed by atoms with Crippen LogP contribution in [-0.4, -0.2) is 29.1 Å². The Kier molecular flexibility index (Phi) is 7.04. The highest BCUT2D eigenvalue weighted by atomic mass is 79.9. The van der Waals surface area contributed by atoms with Gasteiger partial charge in [-0.3, -0.25) is 4.79 Å². The van der Waals surface area contributed by atoms with Gasteiger partial charge < -0.3 is 9.47 Å². The first-order valence-electron chi connectivity index (χ1n) is 9.72. The van der Waals surface area contributed by atoms with Crippen molar-refractivity contribution in [2.24, 2.45) is 5.10 Å². The zero-order chi connectivity index (χ0) is 20.8. The lowest BCUT2D eigenvalue weighted by atomic mass is 10.2. The van der Waals surface area contributed by atoms with E-state index in [4.69, 9.17) is 9.47 Å². The fourth-order valence-corrected chi connectivity index (χ4v) is 3.33. The maximum absolute atomic E-state index is 13.0. The molecule has 0 bridgehead atoms. The highest BCUT2D eigenvalue weighted by Gasteiger charge is 2.11. The SMILES string of the molecule is CCCc1nc2ccc(Br)cc2c(=O)n1N=Cc1ccc(OCC)c(OCC)c1. The maximum Gasteiger partial charge on any atom is 0.282 e. The molecule has 29 heavy (non-hydrogen) atoms. The molecular formula is C22H24BrN3O3. The highest BCUT2D eigenvalue weighted by molar-refractivity contribution is 9.10. The molecular weight excluding hydrogens is 434 g/mol. The molecule has 0 atom stereocenters. The predicted octanol–water partition coefficient (Wildman–Crippen LogP) is 4.79. The van der Waals surface area contributed by atoms with Gasteiger partial charge in [-0.2, -0.15) is 9.78 Å². The van der Waals surface area contributed by atoms with Crippen LogP contribution in [0.1, 0.15) is 38.6 Å². The second kappa shape index (κ2) is 9.69. The van der Waals surface area contributed by atoms with Gasteiger partial charge in [-0.15, -0.1) is 0 Å². The van der Waals surface area contributed by atoms with Gasteiger partial charge in [-0.1, -0.05) is 22.9 Å². The number of fused-ring (bicyclic) bond motifs is 1. The first kappa shape index (κ1) is 21.0. The fraction of sp³-hybridized carbons (Fsp3) is 0.318. The molecule has 0 aliphatic rings. The summed E-state index contributed by atoms with van der Waals surface area (Å²) in [6.07, 6.45) is 3.16. The van der Waals surface area contributed by atoms with Gasteiger partial charge in [-0.05, 0) is 62.2 Å². The van der Waals surface area contributed by atoms with Crippen LogP contribution in [0.5, 0.6) is 11.5 Å². The van der Waals surface area contributed by atoms with Crippen LogP contribution in [0.3, 0.4) is 0 Å². The summed E-state index contributed by atoms with van der Waals surface area (Å²) < 4.78 is 13.5. The minimum atomic E-state index is -0.188. The van der Waals surface area contributed by atoms with Gasteiger partial charge in [0.05, 0.1) is 30.3 Å². The zero-order valence-electron chi connectivity index (χ0n) is 16.8. The van der Waals surface area contributed by atoms with Gasteiger partial charge in [-0.25, -0.2) is 4.98 Å². The lowest BCUT2D eigenvalue weighted by Gasteiger charge is -2.11. The summed E-state index contributed by atoms with van der Waals surface area (Å²) in [5.74, 6) is 1.98. The average Bonchev–Trinajstić information content (AvgIpc) is 2.71. The molecule has 1 heterocycles. The average molecular weight is 458 g/mol. The molecule has 0 spiro atoms. The fourth-order valence-electron chi connectivity index (χ4n) is 2.97. The van der Waals surface area contributed by atoms with Crippen molar-refractivity contribution in [3.8, 4) is 11.5 Å². The Morgan fingerprint density at radius 2 is 1.83 bits per heavy atom. The van der Waals surface area contributed by atoms with E-state index < -0.39 is 0 Å². The van der Waals surface area contributed by atoms with Gasteiger partial charge in [0.2, 0.25) is 0 Å². The number of halogens is 1. The summed E-state index contributed by atoms with van der Waals surface area (Å²) in [5.41, 5.74) is 1.29. The Morgan fingerprint density at radius 1 is 1.07 bits per heavy atom. The van der Waals surface area contributed by atoms with E-state index in [1.54, 1.807) is 12.3 Å². The Bertz CT molecular complexity index is 1090. The standard InChI is InChI=1S/C22H24BrN3O3/c1-4-7-21-25-18-10-9-16(23)13-17(18)22(27)26(21)24-14-15-8-11-19(28-5-2)20(12-15)29-6-3/h8-14H,4-7H2,1-3H3. The Morgan fingerprint density at radius 3 is 2.55 bits per heavy atom. The molecule has 2 aromatic carbocycles. The smallest absolute Gasteiger partial charge is 0.282 e. The number of hydrogen-bond acceptors (Lipinski definition) is 5. The molecule has 152 valence electrons. The second-order valence-corrected chi connectivity index (χ2v) is 7.29. The number of nitrogens with zero attached hydrogens (tertiary/aromatic N) is 3. The van der Waals surface area contributed by atoms with Crippen LogP contribution in [0.25, 0.3) is 10.9 Å². The molecule has 6 nitrogen and oxygen atoms in total. The van der Waals surface area contributed by atoms with Crippen molar-refractivity contribution in [1.29, 1.82) is 0 Å². The van der Waals surface area contributed by atoms with Crippen LogP contribution in [0.4, 0.5) is 0 Å². The summed E-state index contributed by atoms with van der Waals surface area (Å²) >= 11 is 3.42. The van der Waals surface area contributed by atoms with E-state index in [2.05, 4.69) is 26.0 Å². The monoisotopic (exact) mass is 457 g/mol. The predicted molar refractivity (Wildman–Crippen MR) is 119 cm³/mol. The van der Waals surface area contributed by atoms with E-state index in [0.29, 0.717) is 47.9 Å². The number of aryl methyl sites for hydroxylation is 1. The first-order chi connectivity index (χ1) is 14.1. The molecule has 0 aliphatic heterocycles. The third-order valence-electron chi connectivity index (χ3n) is 4.24. The van der Waals surface area contributed by atoms with Crippen molar-refractivity contribution in [2.75, 3.05) is 13.2 Å². The summed E-state index contributed by atoms with van der Waals surface area (Å²) in [5, 5.41) is 4.98. The minimum Gasteiger partial charge on any atom is -0.490 e. The molecule has 0 amide bonds. The largest absolute Gasteiger partial charge is 0.490 e. The van der Waals surface area contributed by atoms with Gasteiger partial charge in [0.1, 0.15) is 5.82 Å². The van der Waals surface area contributed by atoms with Crippen molar-refractivity contribution >= 4 is 33.0 Å². The summed E-state index contributed by atoms with van der Waals surface area (Å²) in [6.45, 7) is 6.99. The number of aromatic nitrogens is 2. The molecule has 0 radical (unpaired) electrons. The van der Waals surface area contributed by atoms with Crippen molar-refractivity contribution in [3.63, 3.8) is 0 Å². The van der Waals surface area contributed by atoms with E-state index in [0.717, 1.165) is 16.5 Å². The molecule has 3 rings (SSSR count). The normalized spacial score (nSPS) is 11.3. The van der Waals surface area contributed by atoms with Crippen LogP contribution in [0, 0.1) is 0 Å². The van der Waals surface area contributed by atoms with E-state index in [-0.39, 0.29) is 5.56 Å². The second-order valence-electron chi connectivity index (χ2n) is 6.37. The first-order valence-corrected chi connectivity index (χ1v) is 10.5. The molecule has 0 fully saturated rings.